The van der Waals surface area contributed by atoms with Gasteiger partial charge in [-0.1, -0.05) is 72.3 Å². The van der Waals surface area contributed by atoms with Crippen molar-refractivity contribution >= 4 is 27.5 Å². The molecule has 41 heavy (non-hydrogen) atoms. The number of amides is 2. The highest BCUT2D eigenvalue weighted by Crippen LogP contribution is 2.23. The van der Waals surface area contributed by atoms with Crippen LogP contribution in [-0.4, -0.2) is 49.5 Å². The number of carbonyl (C=O) groups excluding carboxylic acids is 2. The number of benzene rings is 3. The summed E-state index contributed by atoms with van der Waals surface area (Å²) in [5, 5.41) is 3.03. The molecule has 220 valence electrons. The van der Waals surface area contributed by atoms with Gasteiger partial charge in [0.1, 0.15) is 11.9 Å². The zero-order chi connectivity index (χ0) is 30.2. The standard InChI is InChI=1S/C32H40FN3O4S/c1-24-17-19-26(20-18-24)23-35(29(31(38)34-32(2,3)4)22-25-12-7-6-8-13-25)30(37)16-11-21-36(41(5,39)40)28-15-10-9-14-27(28)33/h6-10,12-15,17-20,29H,11,16,21-23H2,1-5H3,(H,34,38). The van der Waals surface area contributed by atoms with Crippen LogP contribution < -0.4 is 9.62 Å². The highest BCUT2D eigenvalue weighted by molar-refractivity contribution is 7.92. The zero-order valence-corrected chi connectivity index (χ0v) is 25.2. The van der Waals surface area contributed by atoms with Gasteiger partial charge in [-0.3, -0.25) is 13.9 Å². The minimum absolute atomic E-state index is 0.0274. The van der Waals surface area contributed by atoms with E-state index in [1.165, 1.54) is 18.2 Å². The third-order valence-corrected chi connectivity index (χ3v) is 7.70. The maximum atomic E-state index is 14.5. The van der Waals surface area contributed by atoms with Crippen molar-refractivity contribution in [3.63, 3.8) is 0 Å². The molecule has 3 aromatic rings. The normalized spacial score (nSPS) is 12.4. The first-order chi connectivity index (χ1) is 19.2. The summed E-state index contributed by atoms with van der Waals surface area (Å²) < 4.78 is 40.5. The lowest BCUT2D eigenvalue weighted by atomic mass is 10.00. The van der Waals surface area contributed by atoms with Gasteiger partial charge in [-0.25, -0.2) is 12.8 Å². The number of sulfonamides is 1. The van der Waals surface area contributed by atoms with Gasteiger partial charge >= 0.3 is 0 Å². The number of halogens is 1. The Morgan fingerprint density at radius 1 is 0.902 bits per heavy atom. The second-order valence-corrected chi connectivity index (χ2v) is 13.2. The number of para-hydroxylation sites is 1. The van der Waals surface area contributed by atoms with Crippen molar-refractivity contribution in [2.24, 2.45) is 0 Å². The maximum Gasteiger partial charge on any atom is 0.243 e. The van der Waals surface area contributed by atoms with Crippen LogP contribution in [0, 0.1) is 12.7 Å². The highest BCUT2D eigenvalue weighted by atomic mass is 32.2. The van der Waals surface area contributed by atoms with E-state index in [0.717, 1.165) is 27.3 Å². The lowest BCUT2D eigenvalue weighted by Gasteiger charge is -2.34. The molecule has 0 spiro atoms. The first kappa shape index (κ1) is 31.8. The van der Waals surface area contributed by atoms with Gasteiger partial charge in [0.15, 0.2) is 0 Å². The van der Waals surface area contributed by atoms with Gasteiger partial charge < -0.3 is 10.2 Å². The van der Waals surface area contributed by atoms with Crippen LogP contribution >= 0.6 is 0 Å². The van der Waals surface area contributed by atoms with Crippen molar-refractivity contribution in [3.05, 3.63) is 101 Å². The predicted octanol–water partition coefficient (Wildman–Crippen LogP) is 5.24. The Labute approximate surface area is 243 Å². The first-order valence-electron chi connectivity index (χ1n) is 13.7. The van der Waals surface area contributed by atoms with E-state index in [1.54, 1.807) is 11.0 Å². The fraction of sp³-hybridized carbons (Fsp3) is 0.375. The van der Waals surface area contributed by atoms with E-state index in [4.69, 9.17) is 0 Å². The van der Waals surface area contributed by atoms with Crippen LogP contribution in [0.4, 0.5) is 10.1 Å². The van der Waals surface area contributed by atoms with Gasteiger partial charge in [0.05, 0.1) is 11.9 Å². The number of hydrogen-bond acceptors (Lipinski definition) is 4. The molecule has 0 aliphatic rings. The number of nitrogens with one attached hydrogen (secondary N) is 1. The van der Waals surface area contributed by atoms with E-state index in [2.05, 4.69) is 5.32 Å². The third-order valence-electron chi connectivity index (χ3n) is 6.52. The average Bonchev–Trinajstić information content (AvgIpc) is 2.89. The Morgan fingerprint density at radius 3 is 2.10 bits per heavy atom. The molecule has 1 atom stereocenters. The molecule has 0 aliphatic heterocycles. The molecule has 0 aromatic heterocycles. The molecule has 0 aliphatic carbocycles. The fourth-order valence-corrected chi connectivity index (χ4v) is 5.50. The van der Waals surface area contributed by atoms with Crippen LogP contribution in [0.5, 0.6) is 0 Å². The molecule has 7 nitrogen and oxygen atoms in total. The summed E-state index contributed by atoms with van der Waals surface area (Å²) >= 11 is 0. The van der Waals surface area contributed by atoms with E-state index < -0.39 is 27.4 Å². The Morgan fingerprint density at radius 2 is 1.51 bits per heavy atom. The largest absolute Gasteiger partial charge is 0.350 e. The molecular weight excluding hydrogens is 541 g/mol. The number of rotatable bonds is 12. The summed E-state index contributed by atoms with van der Waals surface area (Å²) in [6.45, 7) is 7.76. The second-order valence-electron chi connectivity index (χ2n) is 11.3. The Bertz CT molecular complexity index is 1420. The zero-order valence-electron chi connectivity index (χ0n) is 24.4. The first-order valence-corrected chi connectivity index (χ1v) is 15.5. The Kier molecular flexibility index (Phi) is 10.7. The monoisotopic (exact) mass is 581 g/mol. The molecule has 3 rings (SSSR count). The van der Waals surface area contributed by atoms with E-state index in [9.17, 15) is 22.4 Å². The van der Waals surface area contributed by atoms with Crippen molar-refractivity contribution in [2.75, 3.05) is 17.1 Å². The predicted molar refractivity (Wildman–Crippen MR) is 161 cm³/mol. The van der Waals surface area contributed by atoms with E-state index in [0.29, 0.717) is 6.42 Å². The van der Waals surface area contributed by atoms with Crippen LogP contribution in [-0.2, 0) is 32.6 Å². The number of anilines is 1. The van der Waals surface area contributed by atoms with E-state index in [1.807, 2.05) is 82.3 Å². The van der Waals surface area contributed by atoms with E-state index in [-0.39, 0.29) is 43.4 Å². The second kappa shape index (κ2) is 13.8. The van der Waals surface area contributed by atoms with Crippen LogP contribution in [0.25, 0.3) is 0 Å². The van der Waals surface area contributed by atoms with Crippen LogP contribution in [0.2, 0.25) is 0 Å². The van der Waals surface area contributed by atoms with Gasteiger partial charge in [-0.05, 0) is 57.4 Å². The molecule has 1 unspecified atom stereocenters. The van der Waals surface area contributed by atoms with Gasteiger partial charge in [0.2, 0.25) is 21.8 Å². The third kappa shape index (κ3) is 9.70. The van der Waals surface area contributed by atoms with Gasteiger partial charge in [-0.15, -0.1) is 0 Å². The van der Waals surface area contributed by atoms with Crippen molar-refractivity contribution in [1.82, 2.24) is 10.2 Å². The highest BCUT2D eigenvalue weighted by Gasteiger charge is 2.32. The summed E-state index contributed by atoms with van der Waals surface area (Å²) in [4.78, 5) is 29.1. The smallest absolute Gasteiger partial charge is 0.243 e. The SMILES string of the molecule is Cc1ccc(CN(C(=O)CCCN(c2ccccc2F)S(C)(=O)=O)C(Cc2ccccc2)C(=O)NC(C)(C)C)cc1. The number of aryl methyl sites for hydroxylation is 1. The summed E-state index contributed by atoms with van der Waals surface area (Å²) in [5.74, 6) is -1.23. The molecule has 9 heteroatoms. The quantitative estimate of drug-likeness (QED) is 0.317. The summed E-state index contributed by atoms with van der Waals surface area (Å²) in [7, 11) is -3.80. The number of nitrogens with zero attached hydrogens (tertiary/aromatic N) is 2. The van der Waals surface area contributed by atoms with Crippen LogP contribution in [0.15, 0.2) is 78.9 Å². The minimum atomic E-state index is -3.80. The molecule has 0 saturated heterocycles. The molecule has 0 radical (unpaired) electrons. The van der Waals surface area contributed by atoms with Crippen LogP contribution in [0.3, 0.4) is 0 Å². The number of hydrogen-bond donors (Lipinski definition) is 1. The molecule has 3 aromatic carbocycles. The van der Waals surface area contributed by atoms with Crippen LogP contribution in [0.1, 0.15) is 50.3 Å². The Hall–Kier alpha value is -3.72. The molecule has 2 amide bonds. The molecule has 0 bridgehead atoms. The van der Waals surface area contributed by atoms with Crippen molar-refractivity contribution in [3.8, 4) is 0 Å². The molecule has 0 fully saturated rings. The van der Waals surface area contributed by atoms with Crippen molar-refractivity contribution in [1.29, 1.82) is 0 Å². The van der Waals surface area contributed by atoms with E-state index >= 15 is 0 Å². The minimum Gasteiger partial charge on any atom is -0.350 e. The lowest BCUT2D eigenvalue weighted by molar-refractivity contribution is -0.142. The van der Waals surface area contributed by atoms with Gasteiger partial charge in [0.25, 0.3) is 0 Å². The molecule has 0 heterocycles. The summed E-state index contributed by atoms with van der Waals surface area (Å²) in [6, 6.07) is 22.1. The van der Waals surface area contributed by atoms with Gasteiger partial charge in [-0.2, -0.15) is 0 Å². The molecule has 0 saturated carbocycles. The summed E-state index contributed by atoms with van der Waals surface area (Å²) in [6.07, 6.45) is 1.44. The van der Waals surface area contributed by atoms with Crippen molar-refractivity contribution < 1.29 is 22.4 Å². The molecular formula is C32H40FN3O4S. The lowest BCUT2D eigenvalue weighted by Crippen LogP contribution is -2.54. The summed E-state index contributed by atoms with van der Waals surface area (Å²) in [5.41, 5.74) is 2.28. The Balaban J connectivity index is 1.90. The average molecular weight is 582 g/mol. The fourth-order valence-electron chi connectivity index (χ4n) is 4.53. The van der Waals surface area contributed by atoms with Gasteiger partial charge in [0, 0.05) is 31.5 Å². The molecule has 1 N–H and O–H groups in total. The maximum absolute atomic E-state index is 14.5. The van der Waals surface area contributed by atoms with Crippen molar-refractivity contribution in [2.45, 2.75) is 65.1 Å². The topological polar surface area (TPSA) is 86.8 Å². The number of carbonyl (C=O) groups is 2.